The molecule has 3 amide bonds. The molecule has 0 bridgehead atoms. The molecule has 0 aromatic heterocycles. The van der Waals surface area contributed by atoms with Gasteiger partial charge in [-0.15, -0.1) is 0 Å². The summed E-state index contributed by atoms with van der Waals surface area (Å²) < 4.78 is 0. The second kappa shape index (κ2) is 14.2. The maximum absolute atomic E-state index is 12.5. The van der Waals surface area contributed by atoms with E-state index in [1.807, 2.05) is 6.26 Å². The molecule has 27 heavy (non-hydrogen) atoms. The fourth-order valence-electron chi connectivity index (χ4n) is 2.10. The van der Waals surface area contributed by atoms with Gasteiger partial charge in [-0.25, -0.2) is 4.79 Å². The number of nitrogens with one attached hydrogen (secondary N) is 3. The molecule has 3 atom stereocenters. The van der Waals surface area contributed by atoms with Crippen molar-refractivity contribution in [3.8, 4) is 0 Å². The first-order valence-corrected chi connectivity index (χ1v) is 10.2. The summed E-state index contributed by atoms with van der Waals surface area (Å²) in [5.41, 5.74) is 10.8. The molecular weight excluding hydrogens is 374 g/mol. The average Bonchev–Trinajstić information content (AvgIpc) is 2.61. The van der Waals surface area contributed by atoms with Crippen molar-refractivity contribution in [2.24, 2.45) is 11.5 Å². The fourth-order valence-corrected chi connectivity index (χ4v) is 2.57. The van der Waals surface area contributed by atoms with Crippen LogP contribution >= 0.6 is 11.8 Å². The minimum Gasteiger partial charge on any atom is -0.480 e. The van der Waals surface area contributed by atoms with Gasteiger partial charge in [0.05, 0.1) is 12.6 Å². The van der Waals surface area contributed by atoms with Crippen molar-refractivity contribution in [1.82, 2.24) is 16.0 Å². The Balaban J connectivity index is 4.84. The predicted molar refractivity (Wildman–Crippen MR) is 104 cm³/mol. The second-order valence-electron chi connectivity index (χ2n) is 6.09. The molecule has 3 unspecified atom stereocenters. The maximum atomic E-state index is 12.5. The van der Waals surface area contributed by atoms with E-state index in [0.717, 1.165) is 0 Å². The number of rotatable bonds is 14. The van der Waals surface area contributed by atoms with E-state index in [-0.39, 0.29) is 13.0 Å². The van der Waals surface area contributed by atoms with Crippen molar-refractivity contribution in [3.05, 3.63) is 0 Å². The monoisotopic (exact) mass is 405 g/mol. The van der Waals surface area contributed by atoms with Crippen LogP contribution in [-0.4, -0.2) is 72.0 Å². The highest BCUT2D eigenvalue weighted by Crippen LogP contribution is 2.05. The zero-order valence-corrected chi connectivity index (χ0v) is 16.6. The molecule has 0 aliphatic carbocycles. The van der Waals surface area contributed by atoms with Gasteiger partial charge in [0.2, 0.25) is 17.7 Å². The number of thioether (sulfide) groups is 1. The molecule has 0 saturated carbocycles. The van der Waals surface area contributed by atoms with Gasteiger partial charge in [0.15, 0.2) is 0 Å². The molecule has 0 radical (unpaired) electrons. The molecular formula is C16H31N5O5S. The second-order valence-corrected chi connectivity index (χ2v) is 7.08. The third-order valence-corrected chi connectivity index (χ3v) is 4.30. The van der Waals surface area contributed by atoms with Crippen LogP contribution < -0.4 is 27.4 Å². The van der Waals surface area contributed by atoms with Gasteiger partial charge in [-0.05, 0) is 51.2 Å². The van der Waals surface area contributed by atoms with E-state index in [1.165, 1.54) is 18.7 Å². The largest absolute Gasteiger partial charge is 0.480 e. The van der Waals surface area contributed by atoms with Crippen molar-refractivity contribution in [2.75, 3.05) is 25.1 Å². The highest BCUT2D eigenvalue weighted by Gasteiger charge is 2.26. The zero-order chi connectivity index (χ0) is 20.8. The summed E-state index contributed by atoms with van der Waals surface area (Å²) in [6, 6.07) is -2.70. The third kappa shape index (κ3) is 11.5. The van der Waals surface area contributed by atoms with Gasteiger partial charge >= 0.3 is 5.97 Å². The molecule has 8 N–H and O–H groups in total. The quantitative estimate of drug-likeness (QED) is 0.187. The van der Waals surface area contributed by atoms with Crippen molar-refractivity contribution in [3.63, 3.8) is 0 Å². The Morgan fingerprint density at radius 3 is 2.22 bits per heavy atom. The highest BCUT2D eigenvalue weighted by molar-refractivity contribution is 7.98. The maximum Gasteiger partial charge on any atom is 0.326 e. The molecule has 11 heteroatoms. The molecule has 0 aliphatic heterocycles. The Kier molecular flexibility index (Phi) is 13.3. The lowest BCUT2D eigenvalue weighted by molar-refractivity contribution is -0.142. The Morgan fingerprint density at radius 2 is 1.70 bits per heavy atom. The standard InChI is InChI=1S/C16H31N5O5S/c1-10(18)14(23)19-9-13(22)20-11(5-3-4-7-17)15(24)21-12(16(25)26)6-8-27-2/h10-12H,3-9,17-18H2,1-2H3,(H,19,23)(H,20,22)(H,21,24)(H,25,26). The Labute approximate surface area is 163 Å². The number of carbonyl (C=O) groups excluding carboxylic acids is 3. The van der Waals surface area contributed by atoms with E-state index in [1.54, 1.807) is 0 Å². The Morgan fingerprint density at radius 1 is 1.04 bits per heavy atom. The van der Waals surface area contributed by atoms with Gasteiger partial charge in [0, 0.05) is 0 Å². The smallest absolute Gasteiger partial charge is 0.326 e. The van der Waals surface area contributed by atoms with E-state index in [0.29, 0.717) is 31.6 Å². The first kappa shape index (κ1) is 25.1. The fraction of sp³-hybridized carbons (Fsp3) is 0.750. The van der Waals surface area contributed by atoms with E-state index in [2.05, 4.69) is 16.0 Å². The molecule has 0 saturated heterocycles. The van der Waals surface area contributed by atoms with Gasteiger partial charge in [-0.1, -0.05) is 0 Å². The summed E-state index contributed by atoms with van der Waals surface area (Å²) in [6.45, 7) is 1.60. The van der Waals surface area contributed by atoms with E-state index >= 15 is 0 Å². The van der Waals surface area contributed by atoms with Gasteiger partial charge in [-0.3, -0.25) is 14.4 Å². The van der Waals surface area contributed by atoms with Crippen LogP contribution in [0.15, 0.2) is 0 Å². The summed E-state index contributed by atoms with van der Waals surface area (Å²) in [6.07, 6.45) is 3.67. The third-order valence-electron chi connectivity index (χ3n) is 3.66. The molecule has 0 aromatic rings. The minimum atomic E-state index is -1.13. The lowest BCUT2D eigenvalue weighted by Gasteiger charge is -2.21. The molecule has 0 spiro atoms. The first-order chi connectivity index (χ1) is 12.7. The number of carbonyl (C=O) groups is 4. The Bertz CT molecular complexity index is 504. The number of hydrogen-bond donors (Lipinski definition) is 6. The minimum absolute atomic E-state index is 0.274. The highest BCUT2D eigenvalue weighted by atomic mass is 32.2. The number of nitrogens with two attached hydrogens (primary N) is 2. The summed E-state index contributed by atoms with van der Waals surface area (Å²) in [7, 11) is 0. The summed E-state index contributed by atoms with van der Waals surface area (Å²) in [5, 5.41) is 16.6. The van der Waals surface area contributed by atoms with Crippen molar-refractivity contribution in [1.29, 1.82) is 0 Å². The van der Waals surface area contributed by atoms with E-state index in [9.17, 15) is 24.3 Å². The number of unbranched alkanes of at least 4 members (excludes halogenated alkanes) is 1. The average molecular weight is 406 g/mol. The van der Waals surface area contributed by atoms with Crippen LogP contribution in [-0.2, 0) is 19.2 Å². The molecule has 156 valence electrons. The van der Waals surface area contributed by atoms with Crippen LogP contribution in [0.3, 0.4) is 0 Å². The van der Waals surface area contributed by atoms with Crippen molar-refractivity contribution < 1.29 is 24.3 Å². The summed E-state index contributed by atoms with van der Waals surface area (Å²) in [4.78, 5) is 47.2. The van der Waals surface area contributed by atoms with E-state index < -0.39 is 41.8 Å². The lowest BCUT2D eigenvalue weighted by Crippen LogP contribution is -2.53. The molecule has 0 fully saturated rings. The number of aliphatic carboxylic acids is 1. The predicted octanol–water partition coefficient (Wildman–Crippen LogP) is -1.61. The van der Waals surface area contributed by atoms with E-state index in [4.69, 9.17) is 11.5 Å². The molecule has 10 nitrogen and oxygen atoms in total. The first-order valence-electron chi connectivity index (χ1n) is 8.77. The van der Waals surface area contributed by atoms with Gasteiger partial charge < -0.3 is 32.5 Å². The summed E-state index contributed by atoms with van der Waals surface area (Å²) in [5.74, 6) is -2.18. The van der Waals surface area contributed by atoms with Crippen LogP contribution in [0.1, 0.15) is 32.6 Å². The van der Waals surface area contributed by atoms with Crippen LogP contribution in [0.4, 0.5) is 0 Å². The molecule has 0 aromatic carbocycles. The summed E-state index contributed by atoms with van der Waals surface area (Å²) >= 11 is 1.47. The molecule has 0 aliphatic rings. The van der Waals surface area contributed by atoms with Crippen LogP contribution in [0.5, 0.6) is 0 Å². The van der Waals surface area contributed by atoms with Crippen LogP contribution in [0.25, 0.3) is 0 Å². The normalized spacial score (nSPS) is 13.9. The lowest BCUT2D eigenvalue weighted by atomic mass is 10.1. The van der Waals surface area contributed by atoms with Crippen LogP contribution in [0, 0.1) is 0 Å². The number of carboxylic acids is 1. The number of carboxylic acid groups (broad SMARTS) is 1. The van der Waals surface area contributed by atoms with Crippen LogP contribution in [0.2, 0.25) is 0 Å². The van der Waals surface area contributed by atoms with Gasteiger partial charge in [-0.2, -0.15) is 11.8 Å². The molecule has 0 rings (SSSR count). The topological polar surface area (TPSA) is 177 Å². The number of hydrogen-bond acceptors (Lipinski definition) is 7. The SMILES string of the molecule is CSCCC(NC(=O)C(CCCCN)NC(=O)CNC(=O)C(C)N)C(=O)O. The zero-order valence-electron chi connectivity index (χ0n) is 15.8. The Hall–Kier alpha value is -1.85. The van der Waals surface area contributed by atoms with Crippen molar-refractivity contribution >= 4 is 35.5 Å². The van der Waals surface area contributed by atoms with Crippen molar-refractivity contribution in [2.45, 2.75) is 50.7 Å². The number of amides is 3. The molecule has 0 heterocycles. The van der Waals surface area contributed by atoms with Gasteiger partial charge in [0.25, 0.3) is 0 Å². The van der Waals surface area contributed by atoms with Gasteiger partial charge in [0.1, 0.15) is 12.1 Å².